The minimum Gasteiger partial charge on any atom is -0.330 e. The summed E-state index contributed by atoms with van der Waals surface area (Å²) in [7, 11) is 0. The molecule has 23 heavy (non-hydrogen) atoms. The van der Waals surface area contributed by atoms with Crippen molar-refractivity contribution in [3.05, 3.63) is 44.3 Å². The van der Waals surface area contributed by atoms with Gasteiger partial charge in [-0.25, -0.2) is 0 Å². The first-order chi connectivity index (χ1) is 11.3. The molecule has 2 aromatic rings. The van der Waals surface area contributed by atoms with Gasteiger partial charge in [-0.15, -0.1) is 22.7 Å². The van der Waals surface area contributed by atoms with Crippen molar-refractivity contribution in [2.75, 3.05) is 6.54 Å². The summed E-state index contributed by atoms with van der Waals surface area (Å²) in [4.78, 5) is 17.8. The van der Waals surface area contributed by atoms with E-state index < -0.39 is 0 Å². The fourth-order valence-electron chi connectivity index (χ4n) is 4.11. The van der Waals surface area contributed by atoms with E-state index in [1.807, 2.05) is 11.3 Å². The Bertz CT molecular complexity index is 655. The average molecular weight is 346 g/mol. The molecule has 1 atom stereocenters. The van der Waals surface area contributed by atoms with Crippen LogP contribution in [0.2, 0.25) is 0 Å². The van der Waals surface area contributed by atoms with Crippen molar-refractivity contribution in [3.63, 3.8) is 0 Å². The van der Waals surface area contributed by atoms with E-state index in [-0.39, 0.29) is 6.04 Å². The first-order valence-electron chi connectivity index (χ1n) is 8.72. The number of thiophene rings is 2. The molecule has 3 heterocycles. The quantitative estimate of drug-likeness (QED) is 0.741. The van der Waals surface area contributed by atoms with Gasteiger partial charge < -0.3 is 4.90 Å². The predicted octanol–water partition coefficient (Wildman–Crippen LogP) is 5.25. The van der Waals surface area contributed by atoms with Crippen LogP contribution in [0.1, 0.15) is 59.9 Å². The average Bonchev–Trinajstić information content (AvgIpc) is 3.33. The number of hydrogen-bond donors (Lipinski definition) is 0. The molecule has 1 fully saturated rings. The summed E-state index contributed by atoms with van der Waals surface area (Å²) in [5, 5.41) is 4.30. The minimum atomic E-state index is 0.154. The second kappa shape index (κ2) is 6.78. The zero-order chi connectivity index (χ0) is 15.6. The number of rotatable bonds is 4. The molecule has 0 unspecified atom stereocenters. The highest BCUT2D eigenvalue weighted by Gasteiger charge is 2.33. The monoisotopic (exact) mass is 345 g/mol. The van der Waals surface area contributed by atoms with E-state index in [1.165, 1.54) is 41.0 Å². The van der Waals surface area contributed by atoms with Crippen LogP contribution in [0.25, 0.3) is 0 Å². The minimum absolute atomic E-state index is 0.154. The zero-order valence-corrected chi connectivity index (χ0v) is 15.0. The lowest BCUT2D eigenvalue weighted by atomic mass is 9.96. The van der Waals surface area contributed by atoms with Crippen LogP contribution in [0.5, 0.6) is 0 Å². The summed E-state index contributed by atoms with van der Waals surface area (Å²) >= 11 is 3.61. The number of hydrogen-bond acceptors (Lipinski definition) is 3. The molecule has 0 spiro atoms. The predicted molar refractivity (Wildman–Crippen MR) is 97.1 cm³/mol. The first kappa shape index (κ1) is 15.4. The van der Waals surface area contributed by atoms with Gasteiger partial charge in [0.2, 0.25) is 5.91 Å². The van der Waals surface area contributed by atoms with Crippen molar-refractivity contribution < 1.29 is 4.79 Å². The largest absolute Gasteiger partial charge is 0.330 e. The van der Waals surface area contributed by atoms with Crippen molar-refractivity contribution in [3.8, 4) is 0 Å². The fraction of sp³-hybridized carbons (Fsp3) is 0.526. The summed E-state index contributed by atoms with van der Waals surface area (Å²) < 4.78 is 0. The molecule has 0 saturated heterocycles. The molecule has 1 aliphatic heterocycles. The molecule has 1 saturated carbocycles. The maximum absolute atomic E-state index is 12.9. The highest BCUT2D eigenvalue weighted by molar-refractivity contribution is 7.10. The third-order valence-corrected chi connectivity index (χ3v) is 7.26. The van der Waals surface area contributed by atoms with Crippen molar-refractivity contribution in [1.29, 1.82) is 0 Å². The number of amides is 1. The maximum atomic E-state index is 12.9. The molecule has 1 aliphatic carbocycles. The van der Waals surface area contributed by atoms with Crippen molar-refractivity contribution >= 4 is 28.6 Å². The Kier molecular flexibility index (Phi) is 4.54. The molecule has 2 aliphatic rings. The number of carbonyl (C=O) groups excluding carboxylic acids is 1. The highest BCUT2D eigenvalue weighted by Crippen LogP contribution is 2.40. The van der Waals surface area contributed by atoms with Gasteiger partial charge in [-0.05, 0) is 47.2 Å². The molecule has 0 N–H and O–H groups in total. The van der Waals surface area contributed by atoms with Gasteiger partial charge in [0, 0.05) is 22.7 Å². The molecule has 2 aromatic heterocycles. The Hall–Kier alpha value is -1.13. The van der Waals surface area contributed by atoms with E-state index in [9.17, 15) is 4.79 Å². The third-order valence-electron chi connectivity index (χ3n) is 5.34. The molecule has 0 radical (unpaired) electrons. The van der Waals surface area contributed by atoms with Crippen LogP contribution in [0.3, 0.4) is 0 Å². The van der Waals surface area contributed by atoms with Gasteiger partial charge in [0.05, 0.1) is 6.04 Å². The number of carbonyl (C=O) groups is 1. The Morgan fingerprint density at radius 3 is 2.83 bits per heavy atom. The lowest BCUT2D eigenvalue weighted by Crippen LogP contribution is -2.39. The lowest BCUT2D eigenvalue weighted by molar-refractivity contribution is -0.133. The molecular weight excluding hydrogens is 322 g/mol. The number of fused-ring (bicyclic) bond motifs is 1. The van der Waals surface area contributed by atoms with Crippen LogP contribution < -0.4 is 0 Å². The molecule has 122 valence electrons. The molecule has 0 aromatic carbocycles. The second-order valence-corrected chi connectivity index (χ2v) is 8.72. The highest BCUT2D eigenvalue weighted by atomic mass is 32.1. The van der Waals surface area contributed by atoms with Gasteiger partial charge in [-0.2, -0.15) is 0 Å². The summed E-state index contributed by atoms with van der Waals surface area (Å²) in [6.45, 7) is 0.875. The summed E-state index contributed by atoms with van der Waals surface area (Å²) in [5.74, 6) is 1.15. The molecule has 4 rings (SSSR count). The lowest BCUT2D eigenvalue weighted by Gasteiger charge is -2.35. The van der Waals surface area contributed by atoms with Crippen LogP contribution in [0, 0.1) is 5.92 Å². The smallest absolute Gasteiger partial charge is 0.223 e. The van der Waals surface area contributed by atoms with E-state index in [2.05, 4.69) is 33.9 Å². The van der Waals surface area contributed by atoms with E-state index >= 15 is 0 Å². The van der Waals surface area contributed by atoms with Gasteiger partial charge >= 0.3 is 0 Å². The van der Waals surface area contributed by atoms with Crippen LogP contribution in [-0.2, 0) is 11.2 Å². The van der Waals surface area contributed by atoms with E-state index in [0.29, 0.717) is 5.91 Å². The molecule has 4 heteroatoms. The third kappa shape index (κ3) is 3.11. The SMILES string of the molecule is O=C(CCC1CCCC1)N1CCc2sccc2[C@@H]1c1cccs1. The standard InChI is InChI=1S/C19H23NOS2/c21-18(8-7-14-4-1-2-5-14)20-11-9-16-15(10-13-23-16)19(20)17-6-3-12-22-17/h3,6,10,12-14,19H,1-2,4-5,7-9,11H2/t19-/m1/s1. The zero-order valence-electron chi connectivity index (χ0n) is 13.4. The Labute approximate surface area is 146 Å². The molecule has 0 bridgehead atoms. The van der Waals surface area contributed by atoms with Crippen LogP contribution >= 0.6 is 22.7 Å². The van der Waals surface area contributed by atoms with Crippen molar-refractivity contribution in [2.45, 2.75) is 51.0 Å². The van der Waals surface area contributed by atoms with Crippen molar-refractivity contribution in [1.82, 2.24) is 4.90 Å². The Morgan fingerprint density at radius 1 is 1.17 bits per heavy atom. The maximum Gasteiger partial charge on any atom is 0.223 e. The van der Waals surface area contributed by atoms with Gasteiger partial charge in [0.25, 0.3) is 0 Å². The molecule has 2 nitrogen and oxygen atoms in total. The Balaban J connectivity index is 1.53. The van der Waals surface area contributed by atoms with E-state index in [1.54, 1.807) is 11.3 Å². The van der Waals surface area contributed by atoms with Crippen LogP contribution in [0.4, 0.5) is 0 Å². The van der Waals surface area contributed by atoms with Gasteiger partial charge in [-0.1, -0.05) is 31.7 Å². The van der Waals surface area contributed by atoms with Crippen LogP contribution in [0.15, 0.2) is 29.0 Å². The topological polar surface area (TPSA) is 20.3 Å². The normalized spacial score (nSPS) is 21.6. The summed E-state index contributed by atoms with van der Waals surface area (Å²) in [6, 6.07) is 6.66. The molecule has 1 amide bonds. The fourth-order valence-corrected chi connectivity index (χ4v) is 5.87. The van der Waals surface area contributed by atoms with Gasteiger partial charge in [-0.3, -0.25) is 4.79 Å². The first-order valence-corrected chi connectivity index (χ1v) is 10.5. The van der Waals surface area contributed by atoms with E-state index in [0.717, 1.165) is 31.7 Å². The van der Waals surface area contributed by atoms with Gasteiger partial charge in [0.1, 0.15) is 0 Å². The summed E-state index contributed by atoms with van der Waals surface area (Å²) in [6.07, 6.45) is 8.21. The van der Waals surface area contributed by atoms with Gasteiger partial charge in [0.15, 0.2) is 0 Å². The second-order valence-electron chi connectivity index (χ2n) is 6.74. The summed E-state index contributed by atoms with van der Waals surface area (Å²) in [5.41, 5.74) is 1.36. The number of nitrogens with zero attached hydrogens (tertiary/aromatic N) is 1. The van der Waals surface area contributed by atoms with Crippen molar-refractivity contribution in [2.24, 2.45) is 5.92 Å². The Morgan fingerprint density at radius 2 is 2.04 bits per heavy atom. The van der Waals surface area contributed by atoms with E-state index in [4.69, 9.17) is 0 Å². The molecular formula is C19H23NOS2. The van der Waals surface area contributed by atoms with Crippen LogP contribution in [-0.4, -0.2) is 17.4 Å².